The van der Waals surface area contributed by atoms with Crippen molar-refractivity contribution in [2.75, 3.05) is 27.9 Å². The fourth-order valence-corrected chi connectivity index (χ4v) is 2.25. The largest absolute Gasteiger partial charge is 0.493 e. The molecule has 8 nitrogen and oxygen atoms in total. The standard InChI is InChI=1S/C19H21N3O5/c1-25-15-9-13(10-16(26-2)18(15)27-3)11-21-22-17(23)12-20-19(24)14-7-5-4-6-8-14/h4-11H,12H2,1-3H3,(H,20,24)(H,22,23)/b21-11-. The average Bonchev–Trinajstić information content (AvgIpc) is 2.71. The minimum Gasteiger partial charge on any atom is -0.493 e. The Morgan fingerprint density at radius 2 is 1.63 bits per heavy atom. The maximum Gasteiger partial charge on any atom is 0.259 e. The molecule has 2 amide bonds. The van der Waals surface area contributed by atoms with Gasteiger partial charge in [-0.25, -0.2) is 5.43 Å². The minimum atomic E-state index is -0.456. The lowest BCUT2D eigenvalue weighted by molar-refractivity contribution is -0.120. The van der Waals surface area contributed by atoms with Crippen LogP contribution in [-0.2, 0) is 4.79 Å². The lowest BCUT2D eigenvalue weighted by Crippen LogP contribution is -2.34. The number of nitrogens with one attached hydrogen (secondary N) is 2. The lowest BCUT2D eigenvalue weighted by atomic mass is 10.2. The van der Waals surface area contributed by atoms with Gasteiger partial charge in [-0.05, 0) is 24.3 Å². The van der Waals surface area contributed by atoms with Gasteiger partial charge in [-0.3, -0.25) is 9.59 Å². The molecule has 0 bridgehead atoms. The van der Waals surface area contributed by atoms with Crippen LogP contribution in [0.15, 0.2) is 47.6 Å². The Balaban J connectivity index is 1.93. The summed E-state index contributed by atoms with van der Waals surface area (Å²) in [5.74, 6) is 0.617. The first-order chi connectivity index (χ1) is 13.1. The van der Waals surface area contributed by atoms with Crippen LogP contribution in [0.1, 0.15) is 15.9 Å². The van der Waals surface area contributed by atoms with Crippen LogP contribution in [0.5, 0.6) is 17.2 Å². The predicted octanol–water partition coefficient (Wildman–Crippen LogP) is 1.59. The van der Waals surface area contributed by atoms with Gasteiger partial charge in [0.1, 0.15) is 0 Å². The van der Waals surface area contributed by atoms with E-state index in [4.69, 9.17) is 14.2 Å². The first kappa shape index (κ1) is 19.8. The van der Waals surface area contributed by atoms with Crippen LogP contribution in [0.2, 0.25) is 0 Å². The SMILES string of the molecule is COc1cc(/C=N\NC(=O)CNC(=O)c2ccccc2)cc(OC)c1OC. The summed E-state index contributed by atoms with van der Waals surface area (Å²) in [6.45, 7) is -0.194. The highest BCUT2D eigenvalue weighted by molar-refractivity contribution is 5.96. The fraction of sp³-hybridized carbons (Fsp3) is 0.211. The number of hydrazone groups is 1. The Hall–Kier alpha value is -3.55. The molecular formula is C19H21N3O5. The average molecular weight is 371 g/mol. The molecule has 142 valence electrons. The minimum absolute atomic E-state index is 0.194. The van der Waals surface area contributed by atoms with Gasteiger partial charge in [-0.2, -0.15) is 5.10 Å². The molecule has 0 radical (unpaired) electrons. The molecule has 0 saturated heterocycles. The molecular weight excluding hydrogens is 350 g/mol. The van der Waals surface area contributed by atoms with E-state index in [0.717, 1.165) is 0 Å². The number of nitrogens with zero attached hydrogens (tertiary/aromatic N) is 1. The zero-order chi connectivity index (χ0) is 19.6. The highest BCUT2D eigenvalue weighted by Crippen LogP contribution is 2.37. The Kier molecular flexibility index (Phi) is 7.18. The van der Waals surface area contributed by atoms with Crippen LogP contribution >= 0.6 is 0 Å². The van der Waals surface area contributed by atoms with Gasteiger partial charge in [0, 0.05) is 11.1 Å². The Morgan fingerprint density at radius 3 is 2.19 bits per heavy atom. The lowest BCUT2D eigenvalue weighted by Gasteiger charge is -2.12. The summed E-state index contributed by atoms with van der Waals surface area (Å²) in [6.07, 6.45) is 1.43. The van der Waals surface area contributed by atoms with E-state index in [0.29, 0.717) is 28.4 Å². The molecule has 2 rings (SSSR count). The number of amides is 2. The summed E-state index contributed by atoms with van der Waals surface area (Å²) in [5, 5.41) is 6.39. The molecule has 0 spiro atoms. The smallest absolute Gasteiger partial charge is 0.259 e. The Labute approximate surface area is 157 Å². The number of hydrogen-bond donors (Lipinski definition) is 2. The molecule has 0 heterocycles. The van der Waals surface area contributed by atoms with E-state index < -0.39 is 5.91 Å². The number of carbonyl (C=O) groups excluding carboxylic acids is 2. The molecule has 0 aromatic heterocycles. The fourth-order valence-electron chi connectivity index (χ4n) is 2.25. The van der Waals surface area contributed by atoms with Gasteiger partial charge in [0.25, 0.3) is 11.8 Å². The van der Waals surface area contributed by atoms with Crippen molar-refractivity contribution in [3.8, 4) is 17.2 Å². The molecule has 8 heteroatoms. The van der Waals surface area contributed by atoms with E-state index in [-0.39, 0.29) is 12.5 Å². The van der Waals surface area contributed by atoms with E-state index in [9.17, 15) is 9.59 Å². The van der Waals surface area contributed by atoms with Gasteiger partial charge in [-0.1, -0.05) is 18.2 Å². The molecule has 2 aromatic carbocycles. The van der Waals surface area contributed by atoms with Crippen molar-refractivity contribution in [2.45, 2.75) is 0 Å². The van der Waals surface area contributed by atoms with Gasteiger partial charge < -0.3 is 19.5 Å². The second-order valence-electron chi connectivity index (χ2n) is 5.30. The van der Waals surface area contributed by atoms with E-state index in [1.54, 1.807) is 42.5 Å². The summed E-state index contributed by atoms with van der Waals surface area (Å²) in [7, 11) is 4.53. The zero-order valence-corrected chi connectivity index (χ0v) is 15.3. The van der Waals surface area contributed by atoms with Crippen molar-refractivity contribution in [1.82, 2.24) is 10.7 Å². The van der Waals surface area contributed by atoms with Gasteiger partial charge in [-0.15, -0.1) is 0 Å². The second kappa shape index (κ2) is 9.81. The Morgan fingerprint density at radius 1 is 1.00 bits per heavy atom. The number of benzene rings is 2. The third-order valence-electron chi connectivity index (χ3n) is 3.54. The van der Waals surface area contributed by atoms with Crippen LogP contribution in [0.4, 0.5) is 0 Å². The van der Waals surface area contributed by atoms with E-state index >= 15 is 0 Å². The number of carbonyl (C=O) groups is 2. The van der Waals surface area contributed by atoms with E-state index in [2.05, 4.69) is 15.8 Å². The van der Waals surface area contributed by atoms with Crippen molar-refractivity contribution < 1.29 is 23.8 Å². The molecule has 2 aromatic rings. The van der Waals surface area contributed by atoms with Crippen molar-refractivity contribution in [3.05, 3.63) is 53.6 Å². The quantitative estimate of drug-likeness (QED) is 0.542. The van der Waals surface area contributed by atoms with Gasteiger partial charge in [0.15, 0.2) is 11.5 Å². The molecule has 0 aliphatic rings. The number of hydrogen-bond acceptors (Lipinski definition) is 6. The summed E-state index contributed by atoms with van der Waals surface area (Å²) >= 11 is 0. The topological polar surface area (TPSA) is 98.2 Å². The van der Waals surface area contributed by atoms with Gasteiger partial charge in [0.2, 0.25) is 5.75 Å². The number of rotatable bonds is 8. The molecule has 0 aliphatic carbocycles. The van der Waals surface area contributed by atoms with E-state index in [1.165, 1.54) is 27.5 Å². The Bertz CT molecular complexity index is 796. The normalized spacial score (nSPS) is 10.3. The number of ether oxygens (including phenoxy) is 3. The molecule has 0 unspecified atom stereocenters. The zero-order valence-electron chi connectivity index (χ0n) is 15.3. The van der Waals surface area contributed by atoms with Crippen LogP contribution < -0.4 is 25.0 Å². The number of methoxy groups -OCH3 is 3. The van der Waals surface area contributed by atoms with Crippen molar-refractivity contribution in [2.24, 2.45) is 5.10 Å². The highest BCUT2D eigenvalue weighted by Gasteiger charge is 2.12. The van der Waals surface area contributed by atoms with Crippen LogP contribution in [-0.4, -0.2) is 45.9 Å². The summed E-state index contributed by atoms with van der Waals surface area (Å²) < 4.78 is 15.7. The third kappa shape index (κ3) is 5.46. The maximum absolute atomic E-state index is 11.9. The summed E-state index contributed by atoms with van der Waals surface area (Å²) in [5.41, 5.74) is 3.46. The molecule has 0 aliphatic heterocycles. The van der Waals surface area contributed by atoms with Crippen molar-refractivity contribution in [3.63, 3.8) is 0 Å². The molecule has 0 atom stereocenters. The predicted molar refractivity (Wildman–Crippen MR) is 101 cm³/mol. The van der Waals surface area contributed by atoms with E-state index in [1.807, 2.05) is 0 Å². The highest BCUT2D eigenvalue weighted by atomic mass is 16.5. The van der Waals surface area contributed by atoms with Crippen LogP contribution in [0.3, 0.4) is 0 Å². The first-order valence-corrected chi connectivity index (χ1v) is 8.04. The van der Waals surface area contributed by atoms with Gasteiger partial charge >= 0.3 is 0 Å². The molecule has 0 fully saturated rings. The summed E-state index contributed by atoms with van der Waals surface area (Å²) in [4.78, 5) is 23.7. The van der Waals surface area contributed by atoms with Crippen molar-refractivity contribution >= 4 is 18.0 Å². The third-order valence-corrected chi connectivity index (χ3v) is 3.54. The maximum atomic E-state index is 11.9. The molecule has 0 saturated carbocycles. The van der Waals surface area contributed by atoms with Crippen LogP contribution in [0.25, 0.3) is 0 Å². The molecule has 27 heavy (non-hydrogen) atoms. The van der Waals surface area contributed by atoms with Crippen molar-refractivity contribution in [1.29, 1.82) is 0 Å². The first-order valence-electron chi connectivity index (χ1n) is 8.04. The monoisotopic (exact) mass is 371 g/mol. The summed E-state index contributed by atoms with van der Waals surface area (Å²) in [6, 6.07) is 12.0. The second-order valence-corrected chi connectivity index (χ2v) is 5.30. The van der Waals surface area contributed by atoms with Crippen LogP contribution in [0, 0.1) is 0 Å². The van der Waals surface area contributed by atoms with Gasteiger partial charge in [0.05, 0.1) is 34.1 Å². The molecule has 2 N–H and O–H groups in total.